The number of benzene rings is 3. The first kappa shape index (κ1) is 23.5. The maximum Gasteiger partial charge on any atom is 0.263 e. The summed E-state index contributed by atoms with van der Waals surface area (Å²) in [5.74, 6) is 0.228. The van der Waals surface area contributed by atoms with E-state index in [4.69, 9.17) is 39.5 Å². The van der Waals surface area contributed by atoms with Gasteiger partial charge in [0.25, 0.3) is 20.0 Å². The average Bonchev–Trinajstić information content (AvgIpc) is 2.71. The molecule has 0 aliphatic rings. The van der Waals surface area contributed by atoms with Crippen molar-refractivity contribution < 1.29 is 21.6 Å². The molecule has 0 atom stereocenters. The van der Waals surface area contributed by atoms with Gasteiger partial charge in [0.2, 0.25) is 0 Å². The van der Waals surface area contributed by atoms with Gasteiger partial charge in [-0.15, -0.1) is 0 Å². The Kier molecular flexibility index (Phi) is 6.92. The minimum absolute atomic E-state index is 0.0425. The summed E-state index contributed by atoms with van der Waals surface area (Å²) < 4.78 is 60.2. The van der Waals surface area contributed by atoms with Crippen molar-refractivity contribution in [3.8, 4) is 5.75 Å². The molecule has 0 heterocycles. The first-order valence-corrected chi connectivity index (χ1v) is 12.6. The van der Waals surface area contributed by atoms with Gasteiger partial charge in [0, 0.05) is 5.69 Å². The van der Waals surface area contributed by atoms with Crippen molar-refractivity contribution in [1.82, 2.24) is 0 Å². The Morgan fingerprint density at radius 3 is 2.00 bits per heavy atom. The lowest BCUT2D eigenvalue weighted by Gasteiger charge is -2.13. The molecule has 0 aromatic heterocycles. The third kappa shape index (κ3) is 5.19. The second kappa shape index (κ2) is 9.13. The summed E-state index contributed by atoms with van der Waals surface area (Å²) in [6, 6.07) is 14.1. The second-order valence-corrected chi connectivity index (χ2v) is 10.6. The largest absolute Gasteiger partial charge is 0.495 e. The van der Waals surface area contributed by atoms with Gasteiger partial charge in [0.1, 0.15) is 15.7 Å². The standard InChI is InChI=1S/C19H15Cl3N2O5S2/c1-29-16-10-11-17(19(22)18(16)21)31(27,28)23-12-6-8-13(9-7-12)30(25,26)24-15-5-3-2-4-14(15)20/h2-11,23-24H,1H3. The van der Waals surface area contributed by atoms with Crippen molar-refractivity contribution in [2.24, 2.45) is 0 Å². The minimum atomic E-state index is -4.10. The number of para-hydroxylation sites is 1. The van der Waals surface area contributed by atoms with Crippen molar-refractivity contribution in [1.29, 1.82) is 0 Å². The van der Waals surface area contributed by atoms with Gasteiger partial charge in [0.15, 0.2) is 0 Å². The maximum atomic E-state index is 12.7. The number of methoxy groups -OCH3 is 1. The van der Waals surface area contributed by atoms with Crippen LogP contribution in [0.2, 0.25) is 15.1 Å². The van der Waals surface area contributed by atoms with E-state index in [-0.39, 0.29) is 42.0 Å². The molecule has 0 aliphatic carbocycles. The molecule has 3 aromatic rings. The zero-order valence-electron chi connectivity index (χ0n) is 15.8. The molecule has 3 aromatic carbocycles. The summed E-state index contributed by atoms with van der Waals surface area (Å²) >= 11 is 18.1. The lowest BCUT2D eigenvalue weighted by Crippen LogP contribution is -2.15. The highest BCUT2D eigenvalue weighted by Gasteiger charge is 2.22. The molecule has 0 saturated heterocycles. The zero-order chi connectivity index (χ0) is 22.8. The van der Waals surface area contributed by atoms with Crippen LogP contribution in [0.4, 0.5) is 11.4 Å². The molecule has 0 spiro atoms. The van der Waals surface area contributed by atoms with E-state index < -0.39 is 20.0 Å². The van der Waals surface area contributed by atoms with E-state index in [2.05, 4.69) is 9.44 Å². The van der Waals surface area contributed by atoms with Crippen LogP contribution in [0.5, 0.6) is 5.75 Å². The van der Waals surface area contributed by atoms with Crippen molar-refractivity contribution in [2.75, 3.05) is 16.6 Å². The molecular weight excluding hydrogens is 507 g/mol. The predicted octanol–water partition coefficient (Wildman–Crippen LogP) is 5.26. The number of rotatable bonds is 7. The van der Waals surface area contributed by atoms with Crippen molar-refractivity contribution in [3.05, 3.63) is 75.7 Å². The van der Waals surface area contributed by atoms with E-state index in [1.54, 1.807) is 18.2 Å². The molecule has 7 nitrogen and oxygen atoms in total. The van der Waals surface area contributed by atoms with Gasteiger partial charge in [-0.2, -0.15) is 0 Å². The molecule has 0 radical (unpaired) electrons. The van der Waals surface area contributed by atoms with Crippen LogP contribution in [0.3, 0.4) is 0 Å². The summed E-state index contributed by atoms with van der Waals surface area (Å²) in [6.45, 7) is 0. The van der Waals surface area contributed by atoms with Gasteiger partial charge in [0.05, 0.1) is 27.7 Å². The Bertz CT molecular complexity index is 1330. The van der Waals surface area contributed by atoms with Crippen LogP contribution in [0, 0.1) is 0 Å². The number of sulfonamides is 2. The number of hydrogen-bond acceptors (Lipinski definition) is 5. The fraction of sp³-hybridized carbons (Fsp3) is 0.0526. The van der Waals surface area contributed by atoms with E-state index in [0.717, 1.165) is 0 Å². The fourth-order valence-electron chi connectivity index (χ4n) is 2.54. The second-order valence-electron chi connectivity index (χ2n) is 6.11. The third-order valence-corrected chi connectivity index (χ3v) is 8.17. The highest BCUT2D eigenvalue weighted by molar-refractivity contribution is 7.93. The van der Waals surface area contributed by atoms with Gasteiger partial charge in [-0.05, 0) is 48.5 Å². The Hall–Kier alpha value is -2.17. The van der Waals surface area contributed by atoms with Crippen LogP contribution in [0.15, 0.2) is 70.5 Å². The molecular formula is C19H15Cl3N2O5S2. The van der Waals surface area contributed by atoms with Gasteiger partial charge < -0.3 is 4.74 Å². The topological polar surface area (TPSA) is 102 Å². The average molecular weight is 522 g/mol. The molecule has 0 fully saturated rings. The summed E-state index contributed by atoms with van der Waals surface area (Å²) in [6.07, 6.45) is 0. The quantitative estimate of drug-likeness (QED) is 0.442. The number of nitrogens with one attached hydrogen (secondary N) is 2. The van der Waals surface area contributed by atoms with Gasteiger partial charge in [-0.25, -0.2) is 16.8 Å². The molecule has 0 unspecified atom stereocenters. The monoisotopic (exact) mass is 520 g/mol. The minimum Gasteiger partial charge on any atom is -0.495 e. The van der Waals surface area contributed by atoms with Crippen LogP contribution in [0.25, 0.3) is 0 Å². The first-order valence-electron chi connectivity index (χ1n) is 8.47. The van der Waals surface area contributed by atoms with Crippen LogP contribution >= 0.6 is 34.8 Å². The van der Waals surface area contributed by atoms with Crippen LogP contribution in [0.1, 0.15) is 0 Å². The summed E-state index contributed by atoms with van der Waals surface area (Å²) in [4.78, 5) is -0.335. The Morgan fingerprint density at radius 2 is 1.39 bits per heavy atom. The Labute approximate surface area is 195 Å². The zero-order valence-corrected chi connectivity index (χ0v) is 19.7. The summed E-state index contributed by atoms with van der Waals surface area (Å²) in [5, 5.41) is 0.00118. The Balaban J connectivity index is 1.83. The molecule has 0 saturated carbocycles. The van der Waals surface area contributed by atoms with Crippen LogP contribution in [-0.4, -0.2) is 23.9 Å². The number of anilines is 2. The fourth-order valence-corrected chi connectivity index (χ4v) is 5.76. The molecule has 0 bridgehead atoms. The van der Waals surface area contributed by atoms with Crippen molar-refractivity contribution in [3.63, 3.8) is 0 Å². The molecule has 164 valence electrons. The lowest BCUT2D eigenvalue weighted by atomic mass is 10.3. The van der Waals surface area contributed by atoms with Crippen LogP contribution < -0.4 is 14.2 Å². The third-order valence-electron chi connectivity index (χ3n) is 4.06. The molecule has 12 heteroatoms. The maximum absolute atomic E-state index is 12.7. The van der Waals surface area contributed by atoms with Gasteiger partial charge >= 0.3 is 0 Å². The molecule has 0 aliphatic heterocycles. The number of halogens is 3. The van der Waals surface area contributed by atoms with Crippen LogP contribution in [-0.2, 0) is 20.0 Å². The molecule has 0 amide bonds. The van der Waals surface area contributed by atoms with E-state index in [1.165, 1.54) is 49.6 Å². The van der Waals surface area contributed by atoms with E-state index >= 15 is 0 Å². The smallest absolute Gasteiger partial charge is 0.263 e. The summed E-state index contributed by atoms with van der Waals surface area (Å²) in [5.41, 5.74) is 0.347. The van der Waals surface area contributed by atoms with Crippen molar-refractivity contribution in [2.45, 2.75) is 9.79 Å². The van der Waals surface area contributed by atoms with Crippen molar-refractivity contribution >= 4 is 66.2 Å². The van der Waals surface area contributed by atoms with E-state index in [1.807, 2.05) is 0 Å². The van der Waals surface area contributed by atoms with Gasteiger partial charge in [-0.3, -0.25) is 9.44 Å². The number of ether oxygens (including phenoxy) is 1. The highest BCUT2D eigenvalue weighted by atomic mass is 35.5. The normalized spacial score (nSPS) is 11.7. The predicted molar refractivity (Wildman–Crippen MR) is 123 cm³/mol. The van der Waals surface area contributed by atoms with E-state index in [0.29, 0.717) is 0 Å². The molecule has 2 N–H and O–H groups in total. The SMILES string of the molecule is COc1ccc(S(=O)(=O)Nc2ccc(S(=O)(=O)Nc3ccccc3Cl)cc2)c(Cl)c1Cl. The number of hydrogen-bond donors (Lipinski definition) is 2. The first-order chi connectivity index (χ1) is 14.5. The Morgan fingerprint density at radius 1 is 0.742 bits per heavy atom. The highest BCUT2D eigenvalue weighted by Crippen LogP contribution is 2.37. The molecule has 3 rings (SSSR count). The summed E-state index contributed by atoms with van der Waals surface area (Å²) in [7, 11) is -6.66. The van der Waals surface area contributed by atoms with E-state index in [9.17, 15) is 16.8 Å². The van der Waals surface area contributed by atoms with Gasteiger partial charge in [-0.1, -0.05) is 46.9 Å². The molecule has 31 heavy (non-hydrogen) atoms. The lowest BCUT2D eigenvalue weighted by molar-refractivity contribution is 0.414.